The number of hydrogen-bond acceptors (Lipinski definition) is 2. The second-order valence-corrected chi connectivity index (χ2v) is 5.06. The second kappa shape index (κ2) is 5.17. The van der Waals surface area contributed by atoms with Crippen LogP contribution in [0.25, 0.3) is 11.0 Å². The number of halogens is 2. The smallest absolute Gasteiger partial charge is 0.147 e. The van der Waals surface area contributed by atoms with Crippen LogP contribution in [0.3, 0.4) is 0 Å². The van der Waals surface area contributed by atoms with Crippen LogP contribution in [0, 0.1) is 5.82 Å². The van der Waals surface area contributed by atoms with Crippen molar-refractivity contribution in [3.05, 3.63) is 65.1 Å². The minimum atomic E-state index is -0.375. The van der Waals surface area contributed by atoms with Gasteiger partial charge in [0, 0.05) is 5.39 Å². The molecule has 0 fully saturated rings. The fraction of sp³-hybridized carbons (Fsp3) is 0.125. The summed E-state index contributed by atoms with van der Waals surface area (Å²) in [7, 11) is 0. The van der Waals surface area contributed by atoms with Gasteiger partial charge in [-0.1, -0.05) is 35.9 Å². The van der Waals surface area contributed by atoms with Crippen molar-refractivity contribution in [1.29, 1.82) is 0 Å². The molecule has 2 nitrogen and oxygen atoms in total. The lowest BCUT2D eigenvalue weighted by Crippen LogP contribution is -2.07. The molecule has 1 N–H and O–H groups in total. The zero-order valence-electron chi connectivity index (χ0n) is 10.9. The Balaban J connectivity index is 1.91. The maximum Gasteiger partial charge on any atom is 0.147 e. The largest absolute Gasteiger partial charge is 0.459 e. The molecule has 1 atom stereocenters. The third kappa shape index (κ3) is 2.37. The molecule has 0 saturated heterocycles. The van der Waals surface area contributed by atoms with Crippen LogP contribution in [0.15, 0.2) is 52.9 Å². The van der Waals surface area contributed by atoms with Crippen molar-refractivity contribution in [3.63, 3.8) is 0 Å². The van der Waals surface area contributed by atoms with Gasteiger partial charge >= 0.3 is 0 Å². The SMILES string of the molecule is CC(Nc1c(F)cccc1Cl)c1cc2ccccc2o1. The quantitative estimate of drug-likeness (QED) is 0.698. The summed E-state index contributed by atoms with van der Waals surface area (Å²) in [4.78, 5) is 0. The molecule has 2 aromatic carbocycles. The summed E-state index contributed by atoms with van der Waals surface area (Å²) in [5.74, 6) is 0.367. The molecular formula is C16H13ClFNO. The lowest BCUT2D eigenvalue weighted by atomic mass is 10.2. The van der Waals surface area contributed by atoms with E-state index in [4.69, 9.17) is 16.0 Å². The fourth-order valence-corrected chi connectivity index (χ4v) is 2.36. The number of para-hydroxylation sites is 2. The molecule has 1 aromatic heterocycles. The summed E-state index contributed by atoms with van der Waals surface area (Å²) in [6.07, 6.45) is 0. The van der Waals surface area contributed by atoms with Crippen molar-refractivity contribution in [2.75, 3.05) is 5.32 Å². The highest BCUT2D eigenvalue weighted by Gasteiger charge is 2.15. The predicted octanol–water partition coefficient (Wildman–Crippen LogP) is 5.40. The van der Waals surface area contributed by atoms with Crippen LogP contribution < -0.4 is 5.32 Å². The first-order valence-corrected chi connectivity index (χ1v) is 6.72. The molecule has 3 aromatic rings. The Bertz CT molecular complexity index is 700. The van der Waals surface area contributed by atoms with E-state index in [1.807, 2.05) is 37.3 Å². The fourth-order valence-electron chi connectivity index (χ4n) is 2.14. The lowest BCUT2D eigenvalue weighted by Gasteiger charge is -2.14. The Labute approximate surface area is 121 Å². The van der Waals surface area contributed by atoms with E-state index in [1.54, 1.807) is 12.1 Å². The number of nitrogens with one attached hydrogen (secondary N) is 1. The maximum absolute atomic E-state index is 13.8. The van der Waals surface area contributed by atoms with Crippen molar-refractivity contribution < 1.29 is 8.81 Å². The topological polar surface area (TPSA) is 25.2 Å². The molecule has 0 amide bonds. The highest BCUT2D eigenvalue weighted by molar-refractivity contribution is 6.33. The minimum absolute atomic E-state index is 0.184. The third-order valence-electron chi connectivity index (χ3n) is 3.19. The Morgan fingerprint density at radius 3 is 2.70 bits per heavy atom. The first-order chi connectivity index (χ1) is 9.65. The van der Waals surface area contributed by atoms with Crippen LogP contribution in [-0.2, 0) is 0 Å². The van der Waals surface area contributed by atoms with Gasteiger partial charge < -0.3 is 9.73 Å². The average molecular weight is 290 g/mol. The van der Waals surface area contributed by atoms with Gasteiger partial charge in [-0.15, -0.1) is 0 Å². The average Bonchev–Trinajstić information content (AvgIpc) is 2.87. The Morgan fingerprint density at radius 2 is 1.95 bits per heavy atom. The van der Waals surface area contributed by atoms with Crippen molar-refractivity contribution in [2.24, 2.45) is 0 Å². The van der Waals surface area contributed by atoms with Crippen LogP contribution in [0.1, 0.15) is 18.7 Å². The highest BCUT2D eigenvalue weighted by Crippen LogP contribution is 2.30. The van der Waals surface area contributed by atoms with Crippen LogP contribution in [-0.4, -0.2) is 0 Å². The summed E-state index contributed by atoms with van der Waals surface area (Å²) >= 11 is 6.01. The monoisotopic (exact) mass is 289 g/mol. The first-order valence-electron chi connectivity index (χ1n) is 6.34. The van der Waals surface area contributed by atoms with E-state index < -0.39 is 0 Å². The number of anilines is 1. The maximum atomic E-state index is 13.8. The molecule has 0 spiro atoms. The van der Waals surface area contributed by atoms with Gasteiger partial charge in [0.1, 0.15) is 17.2 Å². The van der Waals surface area contributed by atoms with Crippen molar-refractivity contribution in [1.82, 2.24) is 0 Å². The zero-order chi connectivity index (χ0) is 14.1. The molecule has 4 heteroatoms. The van der Waals surface area contributed by atoms with E-state index in [1.165, 1.54) is 6.07 Å². The van der Waals surface area contributed by atoms with E-state index in [-0.39, 0.29) is 11.9 Å². The molecule has 20 heavy (non-hydrogen) atoms. The van der Waals surface area contributed by atoms with Gasteiger partial charge in [-0.05, 0) is 31.2 Å². The summed E-state index contributed by atoms with van der Waals surface area (Å²) < 4.78 is 19.5. The van der Waals surface area contributed by atoms with Gasteiger partial charge in [0.15, 0.2) is 0 Å². The van der Waals surface area contributed by atoms with E-state index in [0.717, 1.165) is 16.7 Å². The van der Waals surface area contributed by atoms with Gasteiger partial charge in [0.25, 0.3) is 0 Å². The molecule has 102 valence electrons. The Morgan fingerprint density at radius 1 is 1.15 bits per heavy atom. The molecule has 0 saturated carbocycles. The van der Waals surface area contributed by atoms with Gasteiger partial charge in [0.2, 0.25) is 0 Å². The summed E-state index contributed by atoms with van der Waals surface area (Å²) in [6, 6.07) is 14.1. The van der Waals surface area contributed by atoms with Crippen LogP contribution in [0.5, 0.6) is 0 Å². The van der Waals surface area contributed by atoms with Crippen molar-refractivity contribution >= 4 is 28.3 Å². The lowest BCUT2D eigenvalue weighted by molar-refractivity contribution is 0.524. The molecule has 3 rings (SSSR count). The molecular weight excluding hydrogens is 277 g/mol. The predicted molar refractivity (Wildman–Crippen MR) is 79.7 cm³/mol. The number of fused-ring (bicyclic) bond motifs is 1. The Hall–Kier alpha value is -2.00. The molecule has 1 unspecified atom stereocenters. The standard InChI is InChI=1S/C16H13ClFNO/c1-10(19-16-12(17)6-4-7-13(16)18)15-9-11-5-2-3-8-14(11)20-15/h2-10,19H,1H3. The molecule has 0 aliphatic carbocycles. The number of hydrogen-bond donors (Lipinski definition) is 1. The van der Waals surface area contributed by atoms with E-state index in [2.05, 4.69) is 5.32 Å². The summed E-state index contributed by atoms with van der Waals surface area (Å²) in [5.41, 5.74) is 1.11. The molecule has 0 bridgehead atoms. The second-order valence-electron chi connectivity index (χ2n) is 4.65. The van der Waals surface area contributed by atoms with Gasteiger partial charge in [0.05, 0.1) is 16.8 Å². The summed E-state index contributed by atoms with van der Waals surface area (Å²) in [6.45, 7) is 1.90. The van der Waals surface area contributed by atoms with Gasteiger partial charge in [-0.2, -0.15) is 0 Å². The number of furan rings is 1. The van der Waals surface area contributed by atoms with Gasteiger partial charge in [-0.25, -0.2) is 4.39 Å². The normalized spacial score (nSPS) is 12.6. The molecule has 0 aliphatic rings. The van der Waals surface area contributed by atoms with Crippen LogP contribution >= 0.6 is 11.6 Å². The van der Waals surface area contributed by atoms with E-state index in [0.29, 0.717) is 10.7 Å². The van der Waals surface area contributed by atoms with Crippen molar-refractivity contribution in [3.8, 4) is 0 Å². The number of benzene rings is 2. The van der Waals surface area contributed by atoms with Crippen molar-refractivity contribution in [2.45, 2.75) is 13.0 Å². The molecule has 0 radical (unpaired) electrons. The van der Waals surface area contributed by atoms with Crippen LogP contribution in [0.4, 0.5) is 10.1 Å². The molecule has 0 aliphatic heterocycles. The van der Waals surface area contributed by atoms with E-state index >= 15 is 0 Å². The molecule has 1 heterocycles. The highest BCUT2D eigenvalue weighted by atomic mass is 35.5. The van der Waals surface area contributed by atoms with Crippen LogP contribution in [0.2, 0.25) is 5.02 Å². The third-order valence-corrected chi connectivity index (χ3v) is 3.51. The zero-order valence-corrected chi connectivity index (χ0v) is 11.6. The summed E-state index contributed by atoms with van der Waals surface area (Å²) in [5, 5.41) is 4.43. The Kier molecular flexibility index (Phi) is 3.36. The van der Waals surface area contributed by atoms with Gasteiger partial charge in [-0.3, -0.25) is 0 Å². The van der Waals surface area contributed by atoms with E-state index in [9.17, 15) is 4.39 Å². The first kappa shape index (κ1) is 13.0. The number of rotatable bonds is 3. The minimum Gasteiger partial charge on any atom is -0.459 e.